The van der Waals surface area contributed by atoms with E-state index in [2.05, 4.69) is 18.8 Å². The fourth-order valence-electron chi connectivity index (χ4n) is 2.70. The maximum Gasteiger partial charge on any atom is 0.255 e. The van der Waals surface area contributed by atoms with Crippen LogP contribution in [0.25, 0.3) is 0 Å². The van der Waals surface area contributed by atoms with E-state index < -0.39 is 5.95 Å². The van der Waals surface area contributed by atoms with Crippen molar-refractivity contribution in [3.63, 3.8) is 0 Å². The molecule has 1 fully saturated rings. The highest BCUT2D eigenvalue weighted by Gasteiger charge is 2.26. The molecule has 0 aromatic carbocycles. The third-order valence-electron chi connectivity index (χ3n) is 3.43. The van der Waals surface area contributed by atoms with Gasteiger partial charge in [0.25, 0.3) is 11.9 Å². The van der Waals surface area contributed by atoms with E-state index in [4.69, 9.17) is 4.74 Å². The van der Waals surface area contributed by atoms with Gasteiger partial charge >= 0.3 is 0 Å². The van der Waals surface area contributed by atoms with Crippen LogP contribution in [0.5, 0.6) is 5.75 Å². The first kappa shape index (κ1) is 13.8. The van der Waals surface area contributed by atoms with Crippen molar-refractivity contribution in [1.29, 1.82) is 0 Å². The minimum Gasteiger partial charge on any atom is -0.492 e. The first-order chi connectivity index (χ1) is 9.01. The first-order valence-corrected chi connectivity index (χ1v) is 6.50. The van der Waals surface area contributed by atoms with E-state index in [9.17, 15) is 9.18 Å². The van der Waals surface area contributed by atoms with Gasteiger partial charge in [-0.25, -0.2) is 4.98 Å². The van der Waals surface area contributed by atoms with Crippen LogP contribution >= 0.6 is 0 Å². The topological polar surface area (TPSA) is 42.4 Å². The lowest BCUT2D eigenvalue weighted by Gasteiger charge is -2.35. The van der Waals surface area contributed by atoms with Crippen LogP contribution in [0.15, 0.2) is 12.3 Å². The van der Waals surface area contributed by atoms with Gasteiger partial charge in [0.05, 0.1) is 12.7 Å². The molecule has 0 saturated carbocycles. The molecule has 0 bridgehead atoms. The number of nitrogens with zero attached hydrogens (tertiary/aromatic N) is 2. The van der Waals surface area contributed by atoms with Crippen molar-refractivity contribution in [2.45, 2.75) is 20.3 Å². The Bertz CT molecular complexity index is 469. The number of carbonyl (C=O) groups excluding carboxylic acids is 1. The van der Waals surface area contributed by atoms with E-state index in [0.717, 1.165) is 19.5 Å². The quantitative estimate of drug-likeness (QED) is 0.772. The molecule has 1 saturated heterocycles. The number of likely N-dealkylation sites (tertiary alicyclic amines) is 1. The SMILES string of the molecule is COc1cc(C(=O)N2CC(C)CC(C)C2)cnc1F. The first-order valence-electron chi connectivity index (χ1n) is 6.50. The molecule has 19 heavy (non-hydrogen) atoms. The third-order valence-corrected chi connectivity index (χ3v) is 3.43. The summed E-state index contributed by atoms with van der Waals surface area (Å²) >= 11 is 0. The van der Waals surface area contributed by atoms with Crippen LogP contribution in [-0.4, -0.2) is 36.0 Å². The molecule has 0 aliphatic carbocycles. The largest absolute Gasteiger partial charge is 0.492 e. The second kappa shape index (κ2) is 5.55. The van der Waals surface area contributed by atoms with Crippen LogP contribution in [0.2, 0.25) is 0 Å². The van der Waals surface area contributed by atoms with Gasteiger partial charge in [-0.05, 0) is 24.3 Å². The van der Waals surface area contributed by atoms with Gasteiger partial charge in [-0.15, -0.1) is 0 Å². The van der Waals surface area contributed by atoms with Crippen molar-refractivity contribution in [3.8, 4) is 5.75 Å². The second-order valence-electron chi connectivity index (χ2n) is 5.37. The number of rotatable bonds is 2. The third kappa shape index (κ3) is 3.03. The Labute approximate surface area is 112 Å². The van der Waals surface area contributed by atoms with Gasteiger partial charge in [0.2, 0.25) is 0 Å². The number of halogens is 1. The van der Waals surface area contributed by atoms with Gasteiger partial charge in [-0.2, -0.15) is 4.39 Å². The molecule has 0 N–H and O–H groups in total. The van der Waals surface area contributed by atoms with Crippen LogP contribution in [-0.2, 0) is 0 Å². The van der Waals surface area contributed by atoms with E-state index >= 15 is 0 Å². The maximum atomic E-state index is 13.2. The number of hydrogen-bond donors (Lipinski definition) is 0. The van der Waals surface area contributed by atoms with Gasteiger partial charge in [-0.3, -0.25) is 4.79 Å². The zero-order valence-corrected chi connectivity index (χ0v) is 11.5. The predicted molar refractivity (Wildman–Crippen MR) is 69.6 cm³/mol. The van der Waals surface area contributed by atoms with Crippen LogP contribution < -0.4 is 4.74 Å². The highest BCUT2D eigenvalue weighted by molar-refractivity contribution is 5.94. The molecule has 0 spiro atoms. The van der Waals surface area contributed by atoms with Crippen molar-refractivity contribution in [2.24, 2.45) is 11.8 Å². The molecule has 1 amide bonds. The van der Waals surface area contributed by atoms with Crippen molar-refractivity contribution in [3.05, 3.63) is 23.8 Å². The summed E-state index contributed by atoms with van der Waals surface area (Å²) in [5, 5.41) is 0. The van der Waals surface area contributed by atoms with E-state index in [1.807, 2.05) is 4.90 Å². The molecule has 5 heteroatoms. The van der Waals surface area contributed by atoms with Crippen LogP contribution in [0.1, 0.15) is 30.6 Å². The molecule has 1 aliphatic rings. The summed E-state index contributed by atoms with van der Waals surface area (Å²) in [4.78, 5) is 17.8. The fourth-order valence-corrected chi connectivity index (χ4v) is 2.70. The molecule has 1 aromatic heterocycles. The summed E-state index contributed by atoms with van der Waals surface area (Å²) in [5.41, 5.74) is 0.375. The molecule has 1 aliphatic heterocycles. The Hall–Kier alpha value is -1.65. The number of methoxy groups -OCH3 is 1. The normalized spacial score (nSPS) is 23.3. The molecule has 2 heterocycles. The molecule has 4 nitrogen and oxygen atoms in total. The molecule has 0 radical (unpaired) electrons. The van der Waals surface area contributed by atoms with Crippen LogP contribution in [0.4, 0.5) is 4.39 Å². The van der Waals surface area contributed by atoms with Gasteiger partial charge in [0.1, 0.15) is 0 Å². The van der Waals surface area contributed by atoms with Crippen LogP contribution in [0, 0.1) is 17.8 Å². The van der Waals surface area contributed by atoms with Crippen molar-refractivity contribution < 1.29 is 13.9 Å². The molecular formula is C14H19FN2O2. The average Bonchev–Trinajstić information content (AvgIpc) is 2.37. The second-order valence-corrected chi connectivity index (χ2v) is 5.37. The summed E-state index contributed by atoms with van der Waals surface area (Å²) in [6, 6.07) is 1.41. The van der Waals surface area contributed by atoms with E-state index in [0.29, 0.717) is 17.4 Å². The van der Waals surface area contributed by atoms with E-state index in [1.54, 1.807) is 0 Å². The van der Waals surface area contributed by atoms with Crippen molar-refractivity contribution in [1.82, 2.24) is 9.88 Å². The summed E-state index contributed by atoms with van der Waals surface area (Å²) in [7, 11) is 1.36. The number of aromatic nitrogens is 1. The number of carbonyl (C=O) groups is 1. The number of pyridine rings is 1. The molecule has 2 unspecified atom stereocenters. The number of hydrogen-bond acceptors (Lipinski definition) is 3. The van der Waals surface area contributed by atoms with Gasteiger partial charge in [-0.1, -0.05) is 13.8 Å². The monoisotopic (exact) mass is 266 g/mol. The molecular weight excluding hydrogens is 247 g/mol. The number of ether oxygens (including phenoxy) is 1. The minimum atomic E-state index is -0.695. The van der Waals surface area contributed by atoms with Gasteiger partial charge in [0.15, 0.2) is 5.75 Å². The number of amides is 1. The fraction of sp³-hybridized carbons (Fsp3) is 0.571. The minimum absolute atomic E-state index is 0.00366. The summed E-state index contributed by atoms with van der Waals surface area (Å²) < 4.78 is 18.1. The lowest BCUT2D eigenvalue weighted by atomic mass is 9.91. The molecule has 2 rings (SSSR count). The van der Waals surface area contributed by atoms with E-state index in [1.165, 1.54) is 19.4 Å². The van der Waals surface area contributed by atoms with Crippen molar-refractivity contribution in [2.75, 3.05) is 20.2 Å². The highest BCUT2D eigenvalue weighted by Crippen LogP contribution is 2.23. The zero-order valence-electron chi connectivity index (χ0n) is 11.5. The highest BCUT2D eigenvalue weighted by atomic mass is 19.1. The Morgan fingerprint density at radius 1 is 1.42 bits per heavy atom. The predicted octanol–water partition coefficient (Wildman–Crippen LogP) is 2.35. The standard InChI is InChI=1S/C14H19FN2O2/c1-9-4-10(2)8-17(7-9)14(18)11-5-12(19-3)13(15)16-6-11/h5-6,9-10H,4,7-8H2,1-3H3. The molecule has 2 atom stereocenters. The molecule has 104 valence electrons. The number of piperidine rings is 1. The summed E-state index contributed by atoms with van der Waals surface area (Å²) in [6.07, 6.45) is 2.40. The van der Waals surface area contributed by atoms with Crippen molar-refractivity contribution >= 4 is 5.91 Å². The van der Waals surface area contributed by atoms with Gasteiger partial charge < -0.3 is 9.64 Å². The Balaban J connectivity index is 2.19. The Kier molecular flexibility index (Phi) is 4.02. The summed E-state index contributed by atoms with van der Waals surface area (Å²) in [6.45, 7) is 5.75. The smallest absolute Gasteiger partial charge is 0.255 e. The lowest BCUT2D eigenvalue weighted by molar-refractivity contribution is 0.0622. The average molecular weight is 266 g/mol. The molecule has 1 aromatic rings. The van der Waals surface area contributed by atoms with E-state index in [-0.39, 0.29) is 11.7 Å². The Morgan fingerprint density at radius 3 is 2.63 bits per heavy atom. The maximum absolute atomic E-state index is 13.2. The zero-order chi connectivity index (χ0) is 14.0. The van der Waals surface area contributed by atoms with Crippen LogP contribution in [0.3, 0.4) is 0 Å². The summed E-state index contributed by atoms with van der Waals surface area (Å²) in [5.74, 6) is 0.179. The lowest BCUT2D eigenvalue weighted by Crippen LogP contribution is -2.42. The Morgan fingerprint density at radius 2 is 2.05 bits per heavy atom. The van der Waals surface area contributed by atoms with Gasteiger partial charge in [0, 0.05) is 19.3 Å².